The molecule has 0 unspecified atom stereocenters. The fraction of sp³-hybridized carbons (Fsp3) is 0.263. The molecule has 0 fully saturated rings. The van der Waals surface area contributed by atoms with Gasteiger partial charge >= 0.3 is 5.97 Å². The second-order valence-corrected chi connectivity index (χ2v) is 5.46. The number of para-hydroxylation sites is 1. The Morgan fingerprint density at radius 3 is 2.12 bits per heavy atom. The second kappa shape index (κ2) is 8.72. The second-order valence-electron chi connectivity index (χ2n) is 5.46. The Kier molecular flexibility index (Phi) is 6.37. The van der Waals surface area contributed by atoms with Gasteiger partial charge in [-0.3, -0.25) is 9.59 Å². The highest BCUT2D eigenvalue weighted by Gasteiger charge is 2.11. The van der Waals surface area contributed by atoms with Crippen LogP contribution in [-0.4, -0.2) is 24.0 Å². The van der Waals surface area contributed by atoms with E-state index in [1.165, 1.54) is 0 Å². The number of carbonyl (C=O) groups is 2. The third-order valence-corrected chi connectivity index (χ3v) is 3.61. The summed E-state index contributed by atoms with van der Waals surface area (Å²) in [5, 5.41) is 8.59. The van der Waals surface area contributed by atoms with E-state index in [2.05, 4.69) is 0 Å². The van der Waals surface area contributed by atoms with Gasteiger partial charge in [-0.25, -0.2) is 0 Å². The number of nitrogens with zero attached hydrogens (tertiary/aromatic N) is 1. The minimum absolute atomic E-state index is 0.0304. The lowest BCUT2D eigenvalue weighted by Crippen LogP contribution is -2.25. The highest BCUT2D eigenvalue weighted by atomic mass is 16.5. The predicted octanol–water partition coefficient (Wildman–Crippen LogP) is 4.09. The number of aliphatic carboxylic acids is 1. The quantitative estimate of drug-likeness (QED) is 0.742. The molecule has 0 aliphatic rings. The number of amides is 1. The van der Waals surface area contributed by atoms with Crippen LogP contribution < -0.4 is 9.64 Å². The maximum atomic E-state index is 12.1. The first-order valence-corrected chi connectivity index (χ1v) is 7.87. The van der Waals surface area contributed by atoms with E-state index in [1.807, 2.05) is 54.6 Å². The summed E-state index contributed by atoms with van der Waals surface area (Å²) in [6.07, 6.45) is 1.53. The molecule has 0 spiro atoms. The molecule has 0 atom stereocenters. The molecule has 126 valence electrons. The van der Waals surface area contributed by atoms with Crippen LogP contribution in [-0.2, 0) is 9.59 Å². The molecule has 2 aromatic carbocycles. The van der Waals surface area contributed by atoms with Gasteiger partial charge < -0.3 is 14.7 Å². The van der Waals surface area contributed by atoms with Crippen molar-refractivity contribution in [3.63, 3.8) is 0 Å². The van der Waals surface area contributed by atoms with Crippen molar-refractivity contribution in [2.45, 2.75) is 25.7 Å². The highest BCUT2D eigenvalue weighted by Crippen LogP contribution is 2.24. The molecule has 0 radical (unpaired) electrons. The van der Waals surface area contributed by atoms with Gasteiger partial charge in [-0.1, -0.05) is 18.2 Å². The van der Waals surface area contributed by atoms with E-state index in [-0.39, 0.29) is 12.3 Å². The molecule has 2 rings (SSSR count). The molecule has 24 heavy (non-hydrogen) atoms. The average molecular weight is 327 g/mol. The number of carbonyl (C=O) groups excluding carboxylic acids is 1. The summed E-state index contributed by atoms with van der Waals surface area (Å²) in [6, 6.07) is 16.8. The van der Waals surface area contributed by atoms with Gasteiger partial charge in [-0.05, 0) is 49.2 Å². The zero-order valence-electron chi connectivity index (χ0n) is 13.6. The van der Waals surface area contributed by atoms with Crippen molar-refractivity contribution in [3.05, 3.63) is 54.6 Å². The Bertz CT molecular complexity index is 668. The van der Waals surface area contributed by atoms with Crippen LogP contribution in [0.1, 0.15) is 25.7 Å². The molecular formula is C19H21NO4. The van der Waals surface area contributed by atoms with Crippen LogP contribution >= 0.6 is 0 Å². The zero-order valence-corrected chi connectivity index (χ0v) is 13.6. The number of ether oxygens (including phenoxy) is 1. The number of carboxylic acids is 1. The van der Waals surface area contributed by atoms with Crippen LogP contribution in [0.25, 0.3) is 0 Å². The topological polar surface area (TPSA) is 66.8 Å². The molecule has 1 N–H and O–H groups in total. The van der Waals surface area contributed by atoms with E-state index >= 15 is 0 Å². The van der Waals surface area contributed by atoms with Crippen LogP contribution in [0.5, 0.6) is 11.5 Å². The highest BCUT2D eigenvalue weighted by molar-refractivity contribution is 5.92. The van der Waals surface area contributed by atoms with E-state index in [0.29, 0.717) is 25.0 Å². The summed E-state index contributed by atoms with van der Waals surface area (Å²) >= 11 is 0. The average Bonchev–Trinajstić information content (AvgIpc) is 2.59. The molecule has 1 amide bonds. The number of rotatable bonds is 8. The summed E-state index contributed by atoms with van der Waals surface area (Å²) in [5.41, 5.74) is 0.777. The molecule has 2 aromatic rings. The lowest BCUT2D eigenvalue weighted by molar-refractivity contribution is -0.137. The molecule has 0 aromatic heterocycles. The van der Waals surface area contributed by atoms with Crippen molar-refractivity contribution in [2.75, 3.05) is 11.9 Å². The number of anilines is 1. The van der Waals surface area contributed by atoms with Crippen LogP contribution in [0.3, 0.4) is 0 Å². The summed E-state index contributed by atoms with van der Waals surface area (Å²) in [7, 11) is 1.71. The fourth-order valence-electron chi connectivity index (χ4n) is 2.23. The Morgan fingerprint density at radius 1 is 0.917 bits per heavy atom. The van der Waals surface area contributed by atoms with Crippen molar-refractivity contribution >= 4 is 17.6 Å². The molecule has 5 heteroatoms. The SMILES string of the molecule is CN(C(=O)CCCCC(=O)O)c1ccc(Oc2ccccc2)cc1. The van der Waals surface area contributed by atoms with E-state index < -0.39 is 5.97 Å². The van der Waals surface area contributed by atoms with Crippen LogP contribution in [0.15, 0.2) is 54.6 Å². The normalized spacial score (nSPS) is 10.2. The van der Waals surface area contributed by atoms with Gasteiger partial charge in [0.25, 0.3) is 0 Å². The Morgan fingerprint density at radius 2 is 1.50 bits per heavy atom. The van der Waals surface area contributed by atoms with Gasteiger partial charge in [0.1, 0.15) is 11.5 Å². The maximum Gasteiger partial charge on any atom is 0.303 e. The lowest BCUT2D eigenvalue weighted by atomic mass is 10.1. The Hall–Kier alpha value is -2.82. The number of hydrogen-bond donors (Lipinski definition) is 1. The molecule has 0 bridgehead atoms. The standard InChI is InChI=1S/C19H21NO4/c1-20(18(21)9-5-6-10-19(22)23)15-11-13-17(14-12-15)24-16-7-3-2-4-8-16/h2-4,7-8,11-14H,5-6,9-10H2,1H3,(H,22,23). The van der Waals surface area contributed by atoms with E-state index in [4.69, 9.17) is 9.84 Å². The summed E-state index contributed by atoms with van der Waals surface area (Å²) in [4.78, 5) is 24.1. The van der Waals surface area contributed by atoms with E-state index in [1.54, 1.807) is 11.9 Å². The number of benzene rings is 2. The number of hydrogen-bond acceptors (Lipinski definition) is 3. The zero-order chi connectivity index (χ0) is 17.4. The van der Waals surface area contributed by atoms with Crippen molar-refractivity contribution < 1.29 is 19.4 Å². The first-order chi connectivity index (χ1) is 11.6. The van der Waals surface area contributed by atoms with Gasteiger partial charge in [0, 0.05) is 25.6 Å². The van der Waals surface area contributed by atoms with Crippen molar-refractivity contribution in [1.29, 1.82) is 0 Å². The summed E-state index contributed by atoms with van der Waals surface area (Å²) < 4.78 is 5.72. The first-order valence-electron chi connectivity index (χ1n) is 7.87. The number of carboxylic acid groups (broad SMARTS) is 1. The third kappa shape index (κ3) is 5.43. The maximum absolute atomic E-state index is 12.1. The first kappa shape index (κ1) is 17.5. The smallest absolute Gasteiger partial charge is 0.303 e. The van der Waals surface area contributed by atoms with Crippen LogP contribution in [0.4, 0.5) is 5.69 Å². The summed E-state index contributed by atoms with van der Waals surface area (Å²) in [5.74, 6) is 0.599. The predicted molar refractivity (Wildman–Crippen MR) is 92.5 cm³/mol. The summed E-state index contributed by atoms with van der Waals surface area (Å²) in [6.45, 7) is 0. The molecule has 0 saturated heterocycles. The Balaban J connectivity index is 1.87. The van der Waals surface area contributed by atoms with Crippen LogP contribution in [0, 0.1) is 0 Å². The van der Waals surface area contributed by atoms with E-state index in [0.717, 1.165) is 11.4 Å². The molecular weight excluding hydrogens is 306 g/mol. The van der Waals surface area contributed by atoms with E-state index in [9.17, 15) is 9.59 Å². The van der Waals surface area contributed by atoms with Crippen molar-refractivity contribution in [1.82, 2.24) is 0 Å². The minimum Gasteiger partial charge on any atom is -0.481 e. The van der Waals surface area contributed by atoms with Gasteiger partial charge in [-0.2, -0.15) is 0 Å². The molecule has 0 aliphatic carbocycles. The monoisotopic (exact) mass is 327 g/mol. The number of unbranched alkanes of at least 4 members (excludes halogenated alkanes) is 1. The lowest BCUT2D eigenvalue weighted by Gasteiger charge is -2.17. The third-order valence-electron chi connectivity index (χ3n) is 3.61. The Labute approximate surface area is 141 Å². The van der Waals surface area contributed by atoms with Gasteiger partial charge in [-0.15, -0.1) is 0 Å². The van der Waals surface area contributed by atoms with Crippen molar-refractivity contribution in [2.24, 2.45) is 0 Å². The van der Waals surface area contributed by atoms with Gasteiger partial charge in [0.15, 0.2) is 0 Å². The van der Waals surface area contributed by atoms with Crippen LogP contribution in [0.2, 0.25) is 0 Å². The minimum atomic E-state index is -0.829. The van der Waals surface area contributed by atoms with Crippen molar-refractivity contribution in [3.8, 4) is 11.5 Å². The molecule has 0 heterocycles. The van der Waals surface area contributed by atoms with Gasteiger partial charge in [0.2, 0.25) is 5.91 Å². The molecule has 0 saturated carbocycles. The largest absolute Gasteiger partial charge is 0.481 e. The fourth-order valence-corrected chi connectivity index (χ4v) is 2.23. The molecule has 0 aliphatic heterocycles. The van der Waals surface area contributed by atoms with Gasteiger partial charge in [0.05, 0.1) is 0 Å². The molecule has 5 nitrogen and oxygen atoms in total.